The maximum Gasteiger partial charge on any atom is 0.136 e. The molecule has 4 nitrogen and oxygen atoms in total. The van der Waals surface area contributed by atoms with Crippen molar-refractivity contribution in [1.82, 2.24) is 14.7 Å². The van der Waals surface area contributed by atoms with E-state index in [0.29, 0.717) is 0 Å². The maximum atomic E-state index is 11.8. The molecule has 1 heterocycles. The smallest absolute Gasteiger partial charge is 0.136 e. The normalized spacial score (nSPS) is 16.1. The summed E-state index contributed by atoms with van der Waals surface area (Å²) in [7, 11) is 0. The molecular weight excluding hydrogens is 210 g/mol. The first-order chi connectivity index (χ1) is 6.91. The molecule has 84 valence electrons. The standard InChI is InChI=1S/C10H17N3OS/c1-8(9-5-11-7-12-6-9)13-15(14)10(2,3)4/h5-8,13H,1-4H3. The minimum atomic E-state index is -1.07. The largest absolute Gasteiger partial charge is 0.598 e. The number of rotatable bonds is 3. The topological polar surface area (TPSA) is 60.9 Å². The first kappa shape index (κ1) is 12.4. The number of hydrogen-bond donors (Lipinski definition) is 1. The highest BCUT2D eigenvalue weighted by Gasteiger charge is 2.28. The van der Waals surface area contributed by atoms with E-state index in [1.54, 1.807) is 12.4 Å². The molecule has 0 aliphatic carbocycles. The second kappa shape index (κ2) is 4.92. The van der Waals surface area contributed by atoms with E-state index in [2.05, 4.69) is 14.7 Å². The third-order valence-electron chi connectivity index (χ3n) is 1.92. The summed E-state index contributed by atoms with van der Waals surface area (Å²) in [4.78, 5) is 7.85. The SMILES string of the molecule is CC(N[S+]([O-])C(C)(C)C)c1cncnc1. The quantitative estimate of drug-likeness (QED) is 0.797. The number of nitrogens with zero attached hydrogens (tertiary/aromatic N) is 2. The van der Waals surface area contributed by atoms with Gasteiger partial charge in [-0.25, -0.2) is 9.97 Å². The van der Waals surface area contributed by atoms with Gasteiger partial charge in [0.2, 0.25) is 0 Å². The van der Waals surface area contributed by atoms with Crippen molar-refractivity contribution in [3.8, 4) is 0 Å². The molecule has 15 heavy (non-hydrogen) atoms. The van der Waals surface area contributed by atoms with Crippen LogP contribution in [0.3, 0.4) is 0 Å². The van der Waals surface area contributed by atoms with Crippen LogP contribution >= 0.6 is 0 Å². The highest BCUT2D eigenvalue weighted by Crippen LogP contribution is 2.18. The lowest BCUT2D eigenvalue weighted by atomic mass is 10.2. The summed E-state index contributed by atoms with van der Waals surface area (Å²) in [5.41, 5.74) is 0.940. The fourth-order valence-corrected chi connectivity index (χ4v) is 1.75. The Morgan fingerprint density at radius 2 is 1.87 bits per heavy atom. The zero-order chi connectivity index (χ0) is 11.5. The van der Waals surface area contributed by atoms with E-state index in [1.165, 1.54) is 6.33 Å². The van der Waals surface area contributed by atoms with Crippen LogP contribution in [-0.4, -0.2) is 19.3 Å². The molecule has 0 aromatic carbocycles. The second-order valence-electron chi connectivity index (χ2n) is 4.39. The van der Waals surface area contributed by atoms with Gasteiger partial charge in [0.15, 0.2) is 0 Å². The molecule has 5 heteroatoms. The van der Waals surface area contributed by atoms with Crippen LogP contribution in [-0.2, 0) is 11.4 Å². The molecule has 1 aromatic rings. The van der Waals surface area contributed by atoms with E-state index in [1.807, 2.05) is 27.7 Å². The fourth-order valence-electron chi connectivity index (χ4n) is 0.940. The van der Waals surface area contributed by atoms with E-state index in [4.69, 9.17) is 0 Å². The van der Waals surface area contributed by atoms with Crippen molar-refractivity contribution >= 4 is 11.4 Å². The molecule has 0 saturated carbocycles. The van der Waals surface area contributed by atoms with Crippen molar-refractivity contribution in [2.45, 2.75) is 38.5 Å². The lowest BCUT2D eigenvalue weighted by molar-refractivity contribution is 0.530. The fraction of sp³-hybridized carbons (Fsp3) is 0.600. The summed E-state index contributed by atoms with van der Waals surface area (Å²) < 4.78 is 14.6. The molecule has 0 aliphatic heterocycles. The minimum absolute atomic E-state index is 0.00809. The molecule has 0 radical (unpaired) electrons. The van der Waals surface area contributed by atoms with Crippen LogP contribution in [0.2, 0.25) is 0 Å². The van der Waals surface area contributed by atoms with Gasteiger partial charge in [-0.3, -0.25) is 0 Å². The number of nitrogens with one attached hydrogen (secondary N) is 1. The summed E-state index contributed by atoms with van der Waals surface area (Å²) in [5.74, 6) is 0. The molecule has 0 aliphatic rings. The average Bonchev–Trinajstić information content (AvgIpc) is 2.17. The Balaban J connectivity index is 2.61. The van der Waals surface area contributed by atoms with Crippen LogP contribution in [0.4, 0.5) is 0 Å². The van der Waals surface area contributed by atoms with Gasteiger partial charge in [0.05, 0.1) is 6.04 Å². The Labute approximate surface area is 93.8 Å². The average molecular weight is 227 g/mol. The monoisotopic (exact) mass is 227 g/mol. The van der Waals surface area contributed by atoms with Gasteiger partial charge in [-0.05, 0) is 27.7 Å². The van der Waals surface area contributed by atoms with E-state index < -0.39 is 11.4 Å². The van der Waals surface area contributed by atoms with Crippen molar-refractivity contribution in [2.24, 2.45) is 0 Å². The van der Waals surface area contributed by atoms with Crippen LogP contribution in [0.5, 0.6) is 0 Å². The van der Waals surface area contributed by atoms with Crippen molar-refractivity contribution in [1.29, 1.82) is 0 Å². The molecule has 2 atom stereocenters. The zero-order valence-electron chi connectivity index (χ0n) is 9.52. The van der Waals surface area contributed by atoms with Gasteiger partial charge in [-0.15, -0.1) is 4.72 Å². The summed E-state index contributed by atoms with van der Waals surface area (Å²) in [5, 5.41) is 0. The van der Waals surface area contributed by atoms with E-state index in [-0.39, 0.29) is 10.8 Å². The molecule has 1 N–H and O–H groups in total. The van der Waals surface area contributed by atoms with Gasteiger partial charge in [-0.2, -0.15) is 0 Å². The number of hydrogen-bond acceptors (Lipinski definition) is 4. The molecule has 1 aromatic heterocycles. The van der Waals surface area contributed by atoms with E-state index >= 15 is 0 Å². The molecule has 0 amide bonds. The van der Waals surface area contributed by atoms with E-state index in [0.717, 1.165) is 5.56 Å². The highest BCUT2D eigenvalue weighted by atomic mass is 32.2. The summed E-state index contributed by atoms with van der Waals surface area (Å²) >= 11 is -1.07. The third-order valence-corrected chi connectivity index (χ3v) is 3.60. The summed E-state index contributed by atoms with van der Waals surface area (Å²) in [6.45, 7) is 7.75. The van der Waals surface area contributed by atoms with Crippen molar-refractivity contribution in [3.63, 3.8) is 0 Å². The molecule has 0 bridgehead atoms. The Hall–Kier alpha value is -0.650. The van der Waals surface area contributed by atoms with Gasteiger partial charge in [0.25, 0.3) is 0 Å². The first-order valence-electron chi connectivity index (χ1n) is 4.84. The molecule has 0 fully saturated rings. The van der Waals surface area contributed by atoms with Gasteiger partial charge < -0.3 is 4.55 Å². The van der Waals surface area contributed by atoms with Crippen molar-refractivity contribution in [3.05, 3.63) is 24.3 Å². The Morgan fingerprint density at radius 1 is 1.33 bits per heavy atom. The number of aromatic nitrogens is 2. The van der Waals surface area contributed by atoms with Crippen molar-refractivity contribution < 1.29 is 4.55 Å². The predicted molar refractivity (Wildman–Crippen MR) is 61.5 cm³/mol. The van der Waals surface area contributed by atoms with Crippen LogP contribution in [0.15, 0.2) is 18.7 Å². The lowest BCUT2D eigenvalue weighted by Gasteiger charge is -2.26. The predicted octanol–water partition coefficient (Wildman–Crippen LogP) is 1.59. The van der Waals surface area contributed by atoms with Gasteiger partial charge >= 0.3 is 0 Å². The van der Waals surface area contributed by atoms with Crippen LogP contribution in [0.1, 0.15) is 39.3 Å². The third kappa shape index (κ3) is 3.77. The zero-order valence-corrected chi connectivity index (χ0v) is 10.3. The molecule has 0 spiro atoms. The Bertz CT molecular complexity index is 299. The summed E-state index contributed by atoms with van der Waals surface area (Å²) in [6, 6.07) is -0.00809. The van der Waals surface area contributed by atoms with Crippen LogP contribution < -0.4 is 4.72 Å². The molecule has 2 unspecified atom stereocenters. The van der Waals surface area contributed by atoms with Gasteiger partial charge in [-0.1, -0.05) is 0 Å². The first-order valence-corrected chi connectivity index (χ1v) is 5.99. The molecule has 1 rings (SSSR count). The van der Waals surface area contributed by atoms with Gasteiger partial charge in [0.1, 0.15) is 11.1 Å². The maximum absolute atomic E-state index is 11.8. The van der Waals surface area contributed by atoms with Crippen LogP contribution in [0.25, 0.3) is 0 Å². The van der Waals surface area contributed by atoms with Gasteiger partial charge in [0, 0.05) is 29.3 Å². The second-order valence-corrected chi connectivity index (χ2v) is 6.39. The molecular formula is C10H17N3OS. The lowest BCUT2D eigenvalue weighted by Crippen LogP contribution is -2.40. The summed E-state index contributed by atoms with van der Waals surface area (Å²) in [6.07, 6.45) is 4.94. The Kier molecular flexibility index (Phi) is 4.07. The highest BCUT2D eigenvalue weighted by molar-refractivity contribution is 7.90. The molecule has 0 saturated heterocycles. The van der Waals surface area contributed by atoms with Crippen molar-refractivity contribution in [2.75, 3.05) is 0 Å². The Morgan fingerprint density at radius 3 is 2.33 bits per heavy atom. The van der Waals surface area contributed by atoms with E-state index in [9.17, 15) is 4.55 Å². The van der Waals surface area contributed by atoms with Crippen LogP contribution in [0, 0.1) is 0 Å². The minimum Gasteiger partial charge on any atom is -0.598 e.